The third-order valence-corrected chi connectivity index (χ3v) is 6.30. The highest BCUT2D eigenvalue weighted by Crippen LogP contribution is 2.18. The van der Waals surface area contributed by atoms with Gasteiger partial charge < -0.3 is 4.55 Å². The van der Waals surface area contributed by atoms with E-state index in [1.165, 1.54) is 24.3 Å². The number of alkyl halides is 1. The van der Waals surface area contributed by atoms with E-state index in [0.717, 1.165) is 7.11 Å². The molecule has 0 spiro atoms. The van der Waals surface area contributed by atoms with E-state index >= 15 is 0 Å². The summed E-state index contributed by atoms with van der Waals surface area (Å²) in [7, 11) is -3.38. The van der Waals surface area contributed by atoms with Crippen molar-refractivity contribution >= 4 is 32.8 Å². The average Bonchev–Trinajstić information content (AvgIpc) is 2.62. The van der Waals surface area contributed by atoms with E-state index < -0.39 is 56.4 Å². The van der Waals surface area contributed by atoms with Crippen molar-refractivity contribution in [3.63, 3.8) is 0 Å². The minimum atomic E-state index is -4.27. The first-order chi connectivity index (χ1) is 12.2. The smallest absolute Gasteiger partial charge is 0.277 e. The number of ketones is 2. The van der Waals surface area contributed by atoms with Crippen LogP contribution in [0.2, 0.25) is 0 Å². The van der Waals surface area contributed by atoms with E-state index in [9.17, 15) is 31.2 Å². The third-order valence-electron chi connectivity index (χ3n) is 3.77. The van der Waals surface area contributed by atoms with Crippen molar-refractivity contribution in [3.05, 3.63) is 35.4 Å². The highest BCUT2D eigenvalue weighted by atomic mass is 32.2. The van der Waals surface area contributed by atoms with E-state index in [4.69, 9.17) is 0 Å². The zero-order valence-electron chi connectivity index (χ0n) is 14.3. The van der Waals surface area contributed by atoms with E-state index in [0.29, 0.717) is 6.42 Å². The number of halogens is 1. The van der Waals surface area contributed by atoms with Crippen LogP contribution in [0, 0.1) is 0 Å². The van der Waals surface area contributed by atoms with Gasteiger partial charge in [0.25, 0.3) is 10.1 Å². The van der Waals surface area contributed by atoms with Gasteiger partial charge >= 0.3 is 0 Å². The molecule has 0 aromatic heterocycles. The number of hydrogen-bond donors (Lipinski definition) is 0. The Morgan fingerprint density at radius 2 is 1.65 bits per heavy atom. The second kappa shape index (κ2) is 10.0. The molecule has 10 heteroatoms. The number of hydrogen-bond acceptors (Lipinski definition) is 7. The zero-order chi connectivity index (χ0) is 19.9. The highest BCUT2D eigenvalue weighted by molar-refractivity contribution is 7.88. The van der Waals surface area contributed by atoms with Gasteiger partial charge in [0.15, 0.2) is 16.8 Å². The standard InChI is InChI=1S/C16H21FO7S2/c1-3-4-13(25(20)21)15(18)11-5-7-12(8-6-11)16(19)14(9-10-17)26(22,23)24-2/h5-8,13-14H,3-4,9-10H2,1-2H3,(H,20,21)/p-1. The number of benzene rings is 1. The summed E-state index contributed by atoms with van der Waals surface area (Å²) in [5.74, 6) is -1.47. The minimum absolute atomic E-state index is 0.0455. The fourth-order valence-corrected chi connectivity index (χ4v) is 4.12. The van der Waals surface area contributed by atoms with E-state index in [1.807, 2.05) is 0 Å². The van der Waals surface area contributed by atoms with Gasteiger partial charge in [-0.05, 0) is 17.5 Å². The molecule has 1 rings (SSSR count). The van der Waals surface area contributed by atoms with Crippen molar-refractivity contribution in [1.29, 1.82) is 0 Å². The molecule has 0 amide bonds. The molecule has 0 aliphatic carbocycles. The molecular formula is C16H20FO7S2-. The molecule has 0 radical (unpaired) electrons. The van der Waals surface area contributed by atoms with Gasteiger partial charge in [-0.3, -0.25) is 22.4 Å². The molecule has 0 bridgehead atoms. The Labute approximate surface area is 154 Å². The Bertz CT molecular complexity index is 759. The quantitative estimate of drug-likeness (QED) is 0.312. The molecule has 0 aliphatic rings. The maximum Gasteiger partial charge on any atom is 0.277 e. The lowest BCUT2D eigenvalue weighted by molar-refractivity contribution is 0.0967. The van der Waals surface area contributed by atoms with E-state index in [2.05, 4.69) is 4.18 Å². The molecule has 0 aliphatic heterocycles. The number of Topliss-reactive ketones (excluding diaryl/α,β-unsaturated/α-hetero) is 2. The Hall–Kier alpha value is -1.49. The van der Waals surface area contributed by atoms with Crippen molar-refractivity contribution in [2.75, 3.05) is 13.8 Å². The molecule has 0 saturated carbocycles. The van der Waals surface area contributed by atoms with Crippen LogP contribution in [0.1, 0.15) is 46.9 Å². The summed E-state index contributed by atoms with van der Waals surface area (Å²) in [5, 5.41) is -2.88. The van der Waals surface area contributed by atoms with Crippen LogP contribution in [0.25, 0.3) is 0 Å². The van der Waals surface area contributed by atoms with Gasteiger partial charge in [-0.2, -0.15) is 8.42 Å². The fourth-order valence-electron chi connectivity index (χ4n) is 2.37. The number of carbonyl (C=O) groups excluding carboxylic acids is 2. The largest absolute Gasteiger partial charge is 0.772 e. The summed E-state index contributed by atoms with van der Waals surface area (Å²) in [6, 6.07) is 4.92. The molecule has 0 N–H and O–H groups in total. The summed E-state index contributed by atoms with van der Waals surface area (Å²) in [5.41, 5.74) is 0.0387. The first kappa shape index (κ1) is 22.6. The van der Waals surface area contributed by atoms with Crippen LogP contribution in [0.4, 0.5) is 4.39 Å². The highest BCUT2D eigenvalue weighted by Gasteiger charge is 2.33. The maximum atomic E-state index is 12.6. The van der Waals surface area contributed by atoms with Gasteiger partial charge in [0.2, 0.25) is 0 Å². The van der Waals surface area contributed by atoms with Gasteiger partial charge in [-0.1, -0.05) is 37.6 Å². The lowest BCUT2D eigenvalue weighted by Gasteiger charge is -2.18. The van der Waals surface area contributed by atoms with Gasteiger partial charge in [-0.25, -0.2) is 0 Å². The Morgan fingerprint density at radius 3 is 2.04 bits per heavy atom. The molecule has 3 unspecified atom stereocenters. The molecule has 7 nitrogen and oxygen atoms in total. The van der Waals surface area contributed by atoms with Crippen LogP contribution in [0.5, 0.6) is 0 Å². The topological polar surface area (TPSA) is 118 Å². The molecule has 1 aromatic carbocycles. The summed E-state index contributed by atoms with van der Waals surface area (Å²) >= 11 is -2.58. The van der Waals surface area contributed by atoms with Crippen LogP contribution in [0.15, 0.2) is 24.3 Å². The van der Waals surface area contributed by atoms with Crippen molar-refractivity contribution < 1.29 is 35.3 Å². The summed E-state index contributed by atoms with van der Waals surface area (Å²) in [6.07, 6.45) is 0.116. The van der Waals surface area contributed by atoms with Crippen LogP contribution in [-0.2, 0) is 25.4 Å². The van der Waals surface area contributed by atoms with Crippen molar-refractivity contribution in [2.45, 2.75) is 36.7 Å². The Balaban J connectivity index is 3.10. The second-order valence-electron chi connectivity index (χ2n) is 5.47. The van der Waals surface area contributed by atoms with Gasteiger partial charge in [0.05, 0.1) is 19.0 Å². The third kappa shape index (κ3) is 5.50. The van der Waals surface area contributed by atoms with E-state index in [1.54, 1.807) is 6.92 Å². The molecule has 146 valence electrons. The molecular weight excluding hydrogens is 387 g/mol. The first-order valence-corrected chi connectivity index (χ1v) is 10.4. The Morgan fingerprint density at radius 1 is 1.15 bits per heavy atom. The maximum absolute atomic E-state index is 12.6. The predicted octanol–water partition coefficient (Wildman–Crippen LogP) is 1.80. The molecule has 3 atom stereocenters. The van der Waals surface area contributed by atoms with Crippen molar-refractivity contribution in [3.8, 4) is 0 Å². The van der Waals surface area contributed by atoms with Crippen LogP contribution < -0.4 is 0 Å². The zero-order valence-corrected chi connectivity index (χ0v) is 16.0. The molecule has 0 saturated heterocycles. The predicted molar refractivity (Wildman–Crippen MR) is 93.0 cm³/mol. The van der Waals surface area contributed by atoms with Gasteiger partial charge in [0, 0.05) is 17.5 Å². The summed E-state index contributed by atoms with van der Waals surface area (Å²) < 4.78 is 62.9. The average molecular weight is 407 g/mol. The second-order valence-corrected chi connectivity index (χ2v) is 8.45. The van der Waals surface area contributed by atoms with Gasteiger partial charge in [0.1, 0.15) is 0 Å². The molecule has 0 fully saturated rings. The lowest BCUT2D eigenvalue weighted by atomic mass is 10.0. The summed E-state index contributed by atoms with van der Waals surface area (Å²) in [4.78, 5) is 24.6. The van der Waals surface area contributed by atoms with Crippen LogP contribution in [-0.4, -0.2) is 53.0 Å². The number of rotatable bonds is 11. The molecule has 1 aromatic rings. The van der Waals surface area contributed by atoms with Gasteiger partial charge in [-0.15, -0.1) is 0 Å². The Kier molecular flexibility index (Phi) is 8.68. The SMILES string of the molecule is CCCC(C(=O)c1ccc(C(=O)C(CCF)S(=O)(=O)OC)cc1)S(=O)[O-]. The fraction of sp³-hybridized carbons (Fsp3) is 0.500. The monoisotopic (exact) mass is 407 g/mol. The molecule has 26 heavy (non-hydrogen) atoms. The minimum Gasteiger partial charge on any atom is -0.772 e. The van der Waals surface area contributed by atoms with E-state index in [-0.39, 0.29) is 17.5 Å². The number of carbonyl (C=O) groups is 2. The summed E-state index contributed by atoms with van der Waals surface area (Å²) in [6.45, 7) is 0.722. The molecule has 0 heterocycles. The van der Waals surface area contributed by atoms with Crippen molar-refractivity contribution in [1.82, 2.24) is 0 Å². The normalized spacial score (nSPS) is 15.2. The van der Waals surface area contributed by atoms with Crippen LogP contribution >= 0.6 is 0 Å². The lowest BCUT2D eigenvalue weighted by Crippen LogP contribution is -2.32. The first-order valence-electron chi connectivity index (χ1n) is 7.81. The van der Waals surface area contributed by atoms with Crippen LogP contribution in [0.3, 0.4) is 0 Å². The van der Waals surface area contributed by atoms with Crippen molar-refractivity contribution in [2.24, 2.45) is 0 Å².